The second kappa shape index (κ2) is 5.81. The Morgan fingerprint density at radius 3 is 2.27 bits per heavy atom. The minimum absolute atomic E-state index is 0.153. The second-order valence-corrected chi connectivity index (χ2v) is 5.03. The fourth-order valence-electron chi connectivity index (χ4n) is 2.03. The maximum Gasteiger partial charge on any atom is 0.255 e. The number of rotatable bonds is 3. The largest absolute Gasteiger partial charge is 0.339 e. The molecule has 3 aromatic rings. The topological polar surface area (TPSA) is 68.0 Å². The molecule has 0 aliphatic rings. The maximum atomic E-state index is 12.2. The molecule has 5 heteroatoms. The van der Waals surface area contributed by atoms with E-state index in [0.717, 1.165) is 16.8 Å². The van der Waals surface area contributed by atoms with Crippen LogP contribution in [0, 0.1) is 13.8 Å². The van der Waals surface area contributed by atoms with Gasteiger partial charge in [-0.3, -0.25) is 4.79 Å². The number of carbonyl (C=O) groups excluding carboxylic acids is 1. The molecule has 0 radical (unpaired) electrons. The average molecular weight is 293 g/mol. The van der Waals surface area contributed by atoms with Gasteiger partial charge in [-0.2, -0.15) is 4.98 Å². The minimum Gasteiger partial charge on any atom is -0.339 e. The monoisotopic (exact) mass is 293 g/mol. The Bertz CT molecular complexity index is 790. The smallest absolute Gasteiger partial charge is 0.255 e. The van der Waals surface area contributed by atoms with Gasteiger partial charge in [0.05, 0.1) is 0 Å². The van der Waals surface area contributed by atoms with E-state index in [1.54, 1.807) is 31.2 Å². The Kier molecular flexibility index (Phi) is 3.70. The normalized spacial score (nSPS) is 10.5. The zero-order chi connectivity index (χ0) is 15.5. The van der Waals surface area contributed by atoms with Gasteiger partial charge in [0.1, 0.15) is 0 Å². The zero-order valence-electron chi connectivity index (χ0n) is 12.3. The van der Waals surface area contributed by atoms with Crippen molar-refractivity contribution in [3.63, 3.8) is 0 Å². The van der Waals surface area contributed by atoms with Crippen LogP contribution in [0.15, 0.2) is 53.1 Å². The number of anilines is 1. The summed E-state index contributed by atoms with van der Waals surface area (Å²) in [7, 11) is 0. The van der Waals surface area contributed by atoms with E-state index in [9.17, 15) is 4.79 Å². The highest BCUT2D eigenvalue weighted by Gasteiger charge is 2.09. The summed E-state index contributed by atoms with van der Waals surface area (Å²) in [5, 5.41) is 6.71. The number of hydrogen-bond donors (Lipinski definition) is 1. The van der Waals surface area contributed by atoms with Gasteiger partial charge in [-0.15, -0.1) is 0 Å². The van der Waals surface area contributed by atoms with E-state index in [0.29, 0.717) is 17.3 Å². The molecule has 1 aromatic heterocycles. The number of carbonyl (C=O) groups is 1. The van der Waals surface area contributed by atoms with Gasteiger partial charge in [0.2, 0.25) is 11.7 Å². The molecule has 22 heavy (non-hydrogen) atoms. The zero-order valence-corrected chi connectivity index (χ0v) is 12.3. The van der Waals surface area contributed by atoms with Crippen molar-refractivity contribution in [2.45, 2.75) is 13.8 Å². The summed E-state index contributed by atoms with van der Waals surface area (Å²) in [4.78, 5) is 16.3. The third-order valence-corrected chi connectivity index (χ3v) is 3.24. The van der Waals surface area contributed by atoms with Gasteiger partial charge in [-0.05, 0) is 31.2 Å². The molecule has 110 valence electrons. The third kappa shape index (κ3) is 3.03. The van der Waals surface area contributed by atoms with Crippen molar-refractivity contribution in [1.82, 2.24) is 10.1 Å². The molecular formula is C17H15N3O2. The fourth-order valence-corrected chi connectivity index (χ4v) is 2.03. The highest BCUT2D eigenvalue weighted by atomic mass is 16.5. The van der Waals surface area contributed by atoms with Crippen LogP contribution in [0.4, 0.5) is 5.69 Å². The molecular weight excluding hydrogens is 278 g/mol. The van der Waals surface area contributed by atoms with Crippen molar-refractivity contribution in [1.29, 1.82) is 0 Å². The van der Waals surface area contributed by atoms with Gasteiger partial charge in [0, 0.05) is 23.7 Å². The van der Waals surface area contributed by atoms with Gasteiger partial charge in [-0.1, -0.05) is 35.0 Å². The Balaban J connectivity index is 1.74. The SMILES string of the molecule is Cc1ccc(NC(=O)c2ccc(-c3noc(C)n3)cc2)cc1. The minimum atomic E-state index is -0.153. The summed E-state index contributed by atoms with van der Waals surface area (Å²) < 4.78 is 4.94. The molecule has 1 heterocycles. The molecule has 0 unspecified atom stereocenters. The van der Waals surface area contributed by atoms with Crippen LogP contribution >= 0.6 is 0 Å². The van der Waals surface area contributed by atoms with Crippen LogP contribution in [0.3, 0.4) is 0 Å². The van der Waals surface area contributed by atoms with E-state index >= 15 is 0 Å². The summed E-state index contributed by atoms with van der Waals surface area (Å²) >= 11 is 0. The Hall–Kier alpha value is -2.95. The van der Waals surface area contributed by atoms with Gasteiger partial charge >= 0.3 is 0 Å². The Morgan fingerprint density at radius 2 is 1.68 bits per heavy atom. The van der Waals surface area contributed by atoms with Gasteiger partial charge in [-0.25, -0.2) is 0 Å². The van der Waals surface area contributed by atoms with E-state index in [4.69, 9.17) is 4.52 Å². The predicted molar refractivity (Wildman–Crippen MR) is 83.6 cm³/mol. The quantitative estimate of drug-likeness (QED) is 0.801. The lowest BCUT2D eigenvalue weighted by molar-refractivity contribution is 0.102. The molecule has 5 nitrogen and oxygen atoms in total. The maximum absolute atomic E-state index is 12.2. The molecule has 0 aliphatic carbocycles. The molecule has 2 aromatic carbocycles. The van der Waals surface area contributed by atoms with Crippen LogP contribution in [0.1, 0.15) is 21.8 Å². The molecule has 3 rings (SSSR count). The number of hydrogen-bond acceptors (Lipinski definition) is 4. The molecule has 0 bridgehead atoms. The first-order valence-corrected chi connectivity index (χ1v) is 6.90. The number of nitrogens with zero attached hydrogens (tertiary/aromatic N) is 2. The molecule has 0 atom stereocenters. The second-order valence-electron chi connectivity index (χ2n) is 5.03. The van der Waals surface area contributed by atoms with Crippen molar-refractivity contribution in [3.8, 4) is 11.4 Å². The number of benzene rings is 2. The average Bonchev–Trinajstić information content (AvgIpc) is 2.96. The summed E-state index contributed by atoms with van der Waals surface area (Å²) in [5.41, 5.74) is 3.31. The van der Waals surface area contributed by atoms with Gasteiger partial charge < -0.3 is 9.84 Å². The van der Waals surface area contributed by atoms with E-state index in [2.05, 4.69) is 15.5 Å². The highest BCUT2D eigenvalue weighted by molar-refractivity contribution is 6.04. The predicted octanol–water partition coefficient (Wildman–Crippen LogP) is 3.61. The van der Waals surface area contributed by atoms with Gasteiger partial charge in [0.25, 0.3) is 5.91 Å². The molecule has 1 amide bonds. The first kappa shape index (κ1) is 14.0. The molecule has 1 N–H and O–H groups in total. The number of amides is 1. The number of nitrogens with one attached hydrogen (secondary N) is 1. The van der Waals surface area contributed by atoms with Crippen LogP contribution < -0.4 is 5.32 Å². The highest BCUT2D eigenvalue weighted by Crippen LogP contribution is 2.17. The van der Waals surface area contributed by atoms with Crippen LogP contribution in [0.25, 0.3) is 11.4 Å². The van der Waals surface area contributed by atoms with Crippen molar-refractivity contribution in [3.05, 3.63) is 65.5 Å². The first-order chi connectivity index (χ1) is 10.6. The molecule has 0 saturated heterocycles. The van der Waals surface area contributed by atoms with Crippen LogP contribution in [0.2, 0.25) is 0 Å². The van der Waals surface area contributed by atoms with Crippen molar-refractivity contribution in [2.75, 3.05) is 5.32 Å². The van der Waals surface area contributed by atoms with Crippen molar-refractivity contribution in [2.24, 2.45) is 0 Å². The van der Waals surface area contributed by atoms with E-state index in [-0.39, 0.29) is 5.91 Å². The summed E-state index contributed by atoms with van der Waals surface area (Å²) in [6, 6.07) is 14.7. The Labute approximate surface area is 128 Å². The fraction of sp³-hybridized carbons (Fsp3) is 0.118. The summed E-state index contributed by atoms with van der Waals surface area (Å²) in [6.07, 6.45) is 0. The molecule has 0 saturated carbocycles. The third-order valence-electron chi connectivity index (χ3n) is 3.24. The van der Waals surface area contributed by atoms with E-state index < -0.39 is 0 Å². The van der Waals surface area contributed by atoms with E-state index in [1.807, 2.05) is 31.2 Å². The van der Waals surface area contributed by atoms with Crippen molar-refractivity contribution < 1.29 is 9.32 Å². The lowest BCUT2D eigenvalue weighted by Crippen LogP contribution is -2.11. The summed E-state index contributed by atoms with van der Waals surface area (Å²) in [5.74, 6) is 0.874. The van der Waals surface area contributed by atoms with Crippen LogP contribution in [0.5, 0.6) is 0 Å². The first-order valence-electron chi connectivity index (χ1n) is 6.90. The lowest BCUT2D eigenvalue weighted by atomic mass is 10.1. The van der Waals surface area contributed by atoms with Crippen molar-refractivity contribution >= 4 is 11.6 Å². The summed E-state index contributed by atoms with van der Waals surface area (Å²) in [6.45, 7) is 3.74. The van der Waals surface area contributed by atoms with Crippen LogP contribution in [-0.4, -0.2) is 16.0 Å². The lowest BCUT2D eigenvalue weighted by Gasteiger charge is -2.06. The molecule has 0 fully saturated rings. The molecule has 0 spiro atoms. The van der Waals surface area contributed by atoms with E-state index in [1.165, 1.54) is 0 Å². The van der Waals surface area contributed by atoms with Crippen LogP contribution in [-0.2, 0) is 0 Å². The Morgan fingerprint density at radius 1 is 1.00 bits per heavy atom. The number of aromatic nitrogens is 2. The van der Waals surface area contributed by atoms with Gasteiger partial charge in [0.15, 0.2) is 0 Å². The number of aryl methyl sites for hydroxylation is 2. The standard InChI is InChI=1S/C17H15N3O2/c1-11-3-9-15(10-4-11)19-17(21)14-7-5-13(6-8-14)16-18-12(2)22-20-16/h3-10H,1-2H3,(H,19,21). The molecule has 0 aliphatic heterocycles.